The predicted molar refractivity (Wildman–Crippen MR) is 77.9 cm³/mol. The summed E-state index contributed by atoms with van der Waals surface area (Å²) in [7, 11) is 0. The molecule has 0 bridgehead atoms. The van der Waals surface area contributed by atoms with E-state index in [9.17, 15) is 4.79 Å². The van der Waals surface area contributed by atoms with E-state index in [0.29, 0.717) is 11.6 Å². The first-order chi connectivity index (χ1) is 9.04. The maximum absolute atomic E-state index is 10.8. The average Bonchev–Trinajstić information content (AvgIpc) is 2.77. The Morgan fingerprint density at radius 2 is 2.32 bits per heavy atom. The Labute approximate surface area is 123 Å². The van der Waals surface area contributed by atoms with Crippen molar-refractivity contribution in [3.8, 4) is 0 Å². The topological polar surface area (TPSA) is 72.9 Å². The first kappa shape index (κ1) is 13.9. The fourth-order valence-corrected chi connectivity index (χ4v) is 2.17. The molecule has 2 rings (SSSR count). The lowest BCUT2D eigenvalue weighted by atomic mass is 10.2. The second-order valence-electron chi connectivity index (χ2n) is 3.98. The minimum Gasteiger partial charge on any atom is -0.378 e. The summed E-state index contributed by atoms with van der Waals surface area (Å²) in [6.45, 7) is 0.639. The molecule has 1 aromatic carbocycles. The lowest BCUT2D eigenvalue weighted by Gasteiger charge is -2.06. The van der Waals surface area contributed by atoms with Crippen LogP contribution in [0.3, 0.4) is 0 Å². The van der Waals surface area contributed by atoms with Crippen LogP contribution in [0.5, 0.6) is 0 Å². The second kappa shape index (κ2) is 6.08. The molecule has 0 unspecified atom stereocenters. The van der Waals surface area contributed by atoms with E-state index < -0.39 is 5.91 Å². The van der Waals surface area contributed by atoms with Crippen LogP contribution in [0.25, 0.3) is 0 Å². The van der Waals surface area contributed by atoms with Gasteiger partial charge in [-0.25, -0.2) is 0 Å². The van der Waals surface area contributed by atoms with E-state index in [1.165, 1.54) is 4.68 Å². The van der Waals surface area contributed by atoms with Gasteiger partial charge in [0.1, 0.15) is 6.54 Å². The average molecular weight is 344 g/mol. The Morgan fingerprint density at radius 3 is 3.05 bits per heavy atom. The molecular formula is C12H12BrClN4O. The van der Waals surface area contributed by atoms with E-state index in [1.54, 1.807) is 12.4 Å². The highest BCUT2D eigenvalue weighted by atomic mass is 79.9. The summed E-state index contributed by atoms with van der Waals surface area (Å²) >= 11 is 9.49. The second-order valence-corrected chi connectivity index (χ2v) is 5.31. The first-order valence-electron chi connectivity index (χ1n) is 5.53. The van der Waals surface area contributed by atoms with Gasteiger partial charge in [-0.1, -0.05) is 27.5 Å². The molecule has 0 spiro atoms. The van der Waals surface area contributed by atoms with Crippen LogP contribution in [0.2, 0.25) is 5.02 Å². The quantitative estimate of drug-likeness (QED) is 0.875. The summed E-state index contributed by atoms with van der Waals surface area (Å²) in [6, 6.07) is 5.67. The van der Waals surface area contributed by atoms with Crippen molar-refractivity contribution in [3.05, 3.63) is 45.7 Å². The van der Waals surface area contributed by atoms with Crippen LogP contribution in [0.1, 0.15) is 5.56 Å². The van der Waals surface area contributed by atoms with Crippen LogP contribution in [0, 0.1) is 0 Å². The third-order valence-electron chi connectivity index (χ3n) is 2.44. The third-order valence-corrected chi connectivity index (χ3v) is 3.30. The largest absolute Gasteiger partial charge is 0.378 e. The number of halogens is 2. The molecule has 5 nitrogen and oxygen atoms in total. The van der Waals surface area contributed by atoms with Crippen LogP contribution in [-0.2, 0) is 17.9 Å². The van der Waals surface area contributed by atoms with Gasteiger partial charge >= 0.3 is 0 Å². The minimum absolute atomic E-state index is 0.0688. The Morgan fingerprint density at radius 1 is 1.53 bits per heavy atom. The van der Waals surface area contributed by atoms with Gasteiger partial charge in [-0.15, -0.1) is 0 Å². The van der Waals surface area contributed by atoms with Crippen molar-refractivity contribution in [1.82, 2.24) is 9.78 Å². The van der Waals surface area contributed by atoms with Crippen LogP contribution in [0.4, 0.5) is 5.69 Å². The monoisotopic (exact) mass is 342 g/mol. The summed E-state index contributed by atoms with van der Waals surface area (Å²) in [5.41, 5.74) is 6.87. The molecule has 0 aliphatic rings. The van der Waals surface area contributed by atoms with Crippen LogP contribution >= 0.6 is 27.5 Å². The summed E-state index contributed by atoms with van der Waals surface area (Å²) < 4.78 is 2.45. The van der Waals surface area contributed by atoms with E-state index in [2.05, 4.69) is 26.3 Å². The number of hydrogen-bond acceptors (Lipinski definition) is 3. The maximum atomic E-state index is 10.8. The summed E-state index contributed by atoms with van der Waals surface area (Å²) in [5.74, 6) is -0.426. The molecule has 1 amide bonds. The highest BCUT2D eigenvalue weighted by Gasteiger charge is 2.04. The van der Waals surface area contributed by atoms with Gasteiger partial charge in [-0.2, -0.15) is 5.10 Å². The summed E-state index contributed by atoms with van der Waals surface area (Å²) in [5, 5.41) is 7.90. The van der Waals surface area contributed by atoms with Gasteiger partial charge in [0.05, 0.1) is 11.9 Å². The van der Waals surface area contributed by atoms with Gasteiger partial charge in [-0.05, 0) is 23.8 Å². The predicted octanol–water partition coefficient (Wildman–Crippen LogP) is 2.40. The van der Waals surface area contributed by atoms with Gasteiger partial charge in [0.15, 0.2) is 0 Å². The van der Waals surface area contributed by atoms with Crippen molar-refractivity contribution in [1.29, 1.82) is 0 Å². The smallest absolute Gasteiger partial charge is 0.239 e. The molecular weight excluding hydrogens is 332 g/mol. The standard InChI is InChI=1S/C12H12BrClN4O/c13-9-1-2-11(14)8(3-9)4-16-10-5-17-18(6-10)7-12(15)19/h1-3,5-6,16H,4,7H2,(H2,15,19). The number of benzene rings is 1. The number of rotatable bonds is 5. The molecule has 0 atom stereocenters. The Kier molecular flexibility index (Phi) is 4.44. The van der Waals surface area contributed by atoms with E-state index in [1.807, 2.05) is 18.2 Å². The van der Waals surface area contributed by atoms with E-state index >= 15 is 0 Å². The van der Waals surface area contributed by atoms with Crippen LogP contribution in [-0.4, -0.2) is 15.7 Å². The van der Waals surface area contributed by atoms with Crippen molar-refractivity contribution >= 4 is 39.1 Å². The van der Waals surface area contributed by atoms with Gasteiger partial charge < -0.3 is 11.1 Å². The zero-order valence-corrected chi connectivity index (χ0v) is 12.3. The van der Waals surface area contributed by atoms with Gasteiger partial charge in [0.2, 0.25) is 5.91 Å². The SMILES string of the molecule is NC(=O)Cn1cc(NCc2cc(Br)ccc2Cl)cn1. The molecule has 0 aliphatic heterocycles. The zero-order valence-electron chi connectivity index (χ0n) is 9.94. The molecule has 100 valence electrons. The third kappa shape index (κ3) is 3.97. The number of nitrogens with two attached hydrogens (primary N) is 1. The molecule has 2 aromatic rings. The van der Waals surface area contributed by atoms with Crippen molar-refractivity contribution in [2.45, 2.75) is 13.1 Å². The van der Waals surface area contributed by atoms with E-state index in [0.717, 1.165) is 15.7 Å². The molecule has 1 aromatic heterocycles. The van der Waals surface area contributed by atoms with Crippen molar-refractivity contribution in [2.24, 2.45) is 5.73 Å². The van der Waals surface area contributed by atoms with Crippen LogP contribution in [0.15, 0.2) is 35.1 Å². The number of aromatic nitrogens is 2. The molecule has 0 aliphatic carbocycles. The number of anilines is 1. The number of amides is 1. The van der Waals surface area contributed by atoms with Crippen molar-refractivity contribution < 1.29 is 4.79 Å². The number of nitrogens with zero attached hydrogens (tertiary/aromatic N) is 2. The number of nitrogens with one attached hydrogen (secondary N) is 1. The molecule has 3 N–H and O–H groups in total. The highest BCUT2D eigenvalue weighted by molar-refractivity contribution is 9.10. The zero-order chi connectivity index (χ0) is 13.8. The fraction of sp³-hybridized carbons (Fsp3) is 0.167. The summed E-state index contributed by atoms with van der Waals surface area (Å²) in [6.07, 6.45) is 3.35. The minimum atomic E-state index is -0.426. The highest BCUT2D eigenvalue weighted by Crippen LogP contribution is 2.21. The van der Waals surface area contributed by atoms with Crippen molar-refractivity contribution in [3.63, 3.8) is 0 Å². The van der Waals surface area contributed by atoms with Gasteiger partial charge in [-0.3, -0.25) is 9.48 Å². The van der Waals surface area contributed by atoms with Gasteiger partial charge in [0, 0.05) is 22.2 Å². The Hall–Kier alpha value is -1.53. The molecule has 7 heteroatoms. The van der Waals surface area contributed by atoms with E-state index in [-0.39, 0.29) is 6.54 Å². The lowest BCUT2D eigenvalue weighted by molar-refractivity contribution is -0.118. The summed E-state index contributed by atoms with van der Waals surface area (Å²) in [4.78, 5) is 10.8. The normalized spacial score (nSPS) is 10.4. The molecule has 19 heavy (non-hydrogen) atoms. The van der Waals surface area contributed by atoms with Crippen molar-refractivity contribution in [2.75, 3.05) is 5.32 Å². The molecule has 0 saturated carbocycles. The van der Waals surface area contributed by atoms with E-state index in [4.69, 9.17) is 17.3 Å². The molecule has 0 saturated heterocycles. The first-order valence-corrected chi connectivity index (χ1v) is 6.70. The lowest BCUT2D eigenvalue weighted by Crippen LogP contribution is -2.18. The number of hydrogen-bond donors (Lipinski definition) is 2. The molecule has 0 fully saturated rings. The Bertz CT molecular complexity index is 599. The maximum Gasteiger partial charge on any atom is 0.239 e. The fourth-order valence-electron chi connectivity index (χ4n) is 1.58. The molecule has 0 radical (unpaired) electrons. The number of carbonyl (C=O) groups is 1. The van der Waals surface area contributed by atoms with Gasteiger partial charge in [0.25, 0.3) is 0 Å². The Balaban J connectivity index is 2.00. The molecule has 1 heterocycles. The number of carbonyl (C=O) groups excluding carboxylic acids is 1. The van der Waals surface area contributed by atoms with Crippen LogP contribution < -0.4 is 11.1 Å². The number of primary amides is 1.